The van der Waals surface area contributed by atoms with Gasteiger partial charge in [0.2, 0.25) is 0 Å². The summed E-state index contributed by atoms with van der Waals surface area (Å²) in [5, 5.41) is 0. The molecule has 0 radical (unpaired) electrons. The largest absolute Gasteiger partial charge is 0.493 e. The Labute approximate surface area is 147 Å². The lowest BCUT2D eigenvalue weighted by atomic mass is 10.1. The fraction of sp³-hybridized carbons (Fsp3) is 0.588. The summed E-state index contributed by atoms with van der Waals surface area (Å²) in [5.41, 5.74) is 6.63. The number of amides is 1. The van der Waals surface area contributed by atoms with Crippen LogP contribution in [0.15, 0.2) is 17.0 Å². The maximum Gasteiger partial charge on any atom is 0.251 e. The fourth-order valence-corrected chi connectivity index (χ4v) is 3.47. The molecule has 134 valence electrons. The monoisotopic (exact) mass is 354 g/mol. The summed E-state index contributed by atoms with van der Waals surface area (Å²) in [6.45, 7) is 0.947. The van der Waals surface area contributed by atoms with Crippen molar-refractivity contribution in [1.29, 1.82) is 0 Å². The summed E-state index contributed by atoms with van der Waals surface area (Å²) < 4.78 is 16.4. The molecule has 7 heteroatoms. The molecule has 1 aliphatic rings. The van der Waals surface area contributed by atoms with Crippen LogP contribution < -0.4 is 15.2 Å². The van der Waals surface area contributed by atoms with Gasteiger partial charge in [0.25, 0.3) is 5.91 Å². The van der Waals surface area contributed by atoms with Gasteiger partial charge in [-0.05, 0) is 36.8 Å². The van der Waals surface area contributed by atoms with Crippen molar-refractivity contribution >= 4 is 17.7 Å². The van der Waals surface area contributed by atoms with E-state index in [4.69, 9.17) is 19.9 Å². The van der Waals surface area contributed by atoms with E-state index in [0.29, 0.717) is 24.6 Å². The zero-order valence-electron chi connectivity index (χ0n) is 14.7. The first-order valence-corrected chi connectivity index (χ1v) is 9.15. The molecule has 1 aliphatic heterocycles. The number of hydrogen-bond acceptors (Lipinski definition) is 6. The van der Waals surface area contributed by atoms with Crippen LogP contribution >= 0.6 is 11.8 Å². The Hall–Kier alpha value is -1.44. The van der Waals surface area contributed by atoms with Gasteiger partial charge in [-0.25, -0.2) is 0 Å². The predicted octanol–water partition coefficient (Wildman–Crippen LogP) is 1.89. The van der Waals surface area contributed by atoms with Crippen molar-refractivity contribution < 1.29 is 19.0 Å². The third-order valence-electron chi connectivity index (χ3n) is 4.22. The van der Waals surface area contributed by atoms with Gasteiger partial charge in [0.1, 0.15) is 6.10 Å². The van der Waals surface area contributed by atoms with E-state index in [2.05, 4.69) is 0 Å². The first kappa shape index (κ1) is 18.9. The Bertz CT molecular complexity index is 582. The fourth-order valence-electron chi connectivity index (χ4n) is 2.86. The second-order valence-corrected chi connectivity index (χ2v) is 6.62. The lowest BCUT2D eigenvalue weighted by Gasteiger charge is -2.23. The molecule has 1 aromatic rings. The van der Waals surface area contributed by atoms with Crippen LogP contribution in [0.2, 0.25) is 0 Å². The summed E-state index contributed by atoms with van der Waals surface area (Å²) in [6.07, 6.45) is 3.18. The summed E-state index contributed by atoms with van der Waals surface area (Å²) in [5.74, 6) is 1.34. The van der Waals surface area contributed by atoms with Gasteiger partial charge in [-0.2, -0.15) is 0 Å². The minimum atomic E-state index is -0.388. The van der Waals surface area contributed by atoms with Gasteiger partial charge >= 0.3 is 0 Å². The van der Waals surface area contributed by atoms with Crippen LogP contribution in [0.25, 0.3) is 0 Å². The van der Waals surface area contributed by atoms with Gasteiger partial charge in [-0.3, -0.25) is 4.79 Å². The number of likely N-dealkylation sites (N-methyl/N-ethyl adjacent to an activating group) is 1. The highest BCUT2D eigenvalue weighted by molar-refractivity contribution is 7.98. The number of carbonyl (C=O) groups is 1. The number of thioether (sulfide) groups is 1. The molecule has 2 atom stereocenters. The van der Waals surface area contributed by atoms with Crippen molar-refractivity contribution in [3.8, 4) is 11.5 Å². The number of hydrogen-bond donors (Lipinski definition) is 1. The van der Waals surface area contributed by atoms with Crippen molar-refractivity contribution in [1.82, 2.24) is 4.90 Å². The number of nitrogens with zero attached hydrogens (tertiary/aromatic N) is 1. The van der Waals surface area contributed by atoms with Gasteiger partial charge < -0.3 is 24.8 Å². The molecule has 1 saturated heterocycles. The molecule has 2 rings (SSSR count). The molecule has 1 heterocycles. The molecule has 0 spiro atoms. The smallest absolute Gasteiger partial charge is 0.251 e. The van der Waals surface area contributed by atoms with Gasteiger partial charge in [-0.15, -0.1) is 11.8 Å². The van der Waals surface area contributed by atoms with E-state index in [9.17, 15) is 4.79 Å². The molecular formula is C17H26N2O4S. The molecule has 2 N–H and O–H groups in total. The number of nitrogens with two attached hydrogens (primary N) is 1. The summed E-state index contributed by atoms with van der Waals surface area (Å²) in [4.78, 5) is 15.3. The Morgan fingerprint density at radius 1 is 1.33 bits per heavy atom. The Kier molecular flexibility index (Phi) is 6.77. The first-order chi connectivity index (χ1) is 11.5. The highest BCUT2D eigenvalue weighted by atomic mass is 32.2. The SMILES string of the molecule is COc1cc(CN(C)C(=O)[C@@H]2CC[C@H](CN)O2)c(SC)cc1OC. The topological polar surface area (TPSA) is 74.0 Å². The lowest BCUT2D eigenvalue weighted by molar-refractivity contribution is -0.141. The molecule has 0 bridgehead atoms. The van der Waals surface area contributed by atoms with Crippen molar-refractivity contribution in [2.45, 2.75) is 36.5 Å². The van der Waals surface area contributed by atoms with Gasteiger partial charge in [-0.1, -0.05) is 0 Å². The lowest BCUT2D eigenvalue weighted by Crippen LogP contribution is -2.36. The second kappa shape index (κ2) is 8.60. The van der Waals surface area contributed by atoms with Crippen LogP contribution in [0.4, 0.5) is 0 Å². The van der Waals surface area contributed by atoms with E-state index in [1.54, 1.807) is 37.9 Å². The number of methoxy groups -OCH3 is 2. The van der Waals surface area contributed by atoms with Crippen LogP contribution in [-0.4, -0.2) is 57.1 Å². The third-order valence-corrected chi connectivity index (χ3v) is 5.04. The molecule has 24 heavy (non-hydrogen) atoms. The van der Waals surface area contributed by atoms with E-state index in [-0.39, 0.29) is 18.1 Å². The van der Waals surface area contributed by atoms with Crippen LogP contribution in [0.5, 0.6) is 11.5 Å². The zero-order valence-corrected chi connectivity index (χ0v) is 15.5. The predicted molar refractivity (Wildman–Crippen MR) is 94.8 cm³/mol. The molecule has 0 saturated carbocycles. The van der Waals surface area contributed by atoms with Gasteiger partial charge in [0.15, 0.2) is 11.5 Å². The van der Waals surface area contributed by atoms with Crippen molar-refractivity contribution in [2.24, 2.45) is 5.73 Å². The first-order valence-electron chi connectivity index (χ1n) is 7.93. The van der Waals surface area contributed by atoms with Crippen molar-refractivity contribution in [3.63, 3.8) is 0 Å². The van der Waals surface area contributed by atoms with Gasteiger partial charge in [0.05, 0.1) is 20.3 Å². The van der Waals surface area contributed by atoms with Crippen LogP contribution in [0.1, 0.15) is 18.4 Å². The normalized spacial score (nSPS) is 20.0. The van der Waals surface area contributed by atoms with E-state index in [1.807, 2.05) is 18.4 Å². The second-order valence-electron chi connectivity index (χ2n) is 5.77. The number of rotatable bonds is 7. The Morgan fingerprint density at radius 2 is 2.00 bits per heavy atom. The number of benzene rings is 1. The van der Waals surface area contributed by atoms with Gasteiger partial charge in [0, 0.05) is 25.0 Å². The van der Waals surface area contributed by atoms with E-state index in [1.165, 1.54) is 0 Å². The highest BCUT2D eigenvalue weighted by Crippen LogP contribution is 2.35. The van der Waals surface area contributed by atoms with E-state index >= 15 is 0 Å². The minimum absolute atomic E-state index is 0.00445. The highest BCUT2D eigenvalue weighted by Gasteiger charge is 2.32. The number of ether oxygens (including phenoxy) is 3. The number of carbonyl (C=O) groups excluding carboxylic acids is 1. The van der Waals surface area contributed by atoms with E-state index in [0.717, 1.165) is 23.3 Å². The van der Waals surface area contributed by atoms with E-state index < -0.39 is 0 Å². The molecule has 0 unspecified atom stereocenters. The minimum Gasteiger partial charge on any atom is -0.493 e. The zero-order chi connectivity index (χ0) is 17.7. The van der Waals surface area contributed by atoms with Crippen LogP contribution in [0, 0.1) is 0 Å². The molecule has 0 aliphatic carbocycles. The Morgan fingerprint density at radius 3 is 2.54 bits per heavy atom. The molecule has 1 aromatic carbocycles. The van der Waals surface area contributed by atoms with Crippen molar-refractivity contribution in [2.75, 3.05) is 34.1 Å². The summed E-state index contributed by atoms with van der Waals surface area (Å²) in [7, 11) is 5.01. The summed E-state index contributed by atoms with van der Waals surface area (Å²) in [6, 6.07) is 3.86. The van der Waals surface area contributed by atoms with Crippen LogP contribution in [-0.2, 0) is 16.1 Å². The molecular weight excluding hydrogens is 328 g/mol. The molecule has 0 aromatic heterocycles. The standard InChI is InChI=1S/C17H26N2O4S/c1-19(17(20)13-6-5-12(9-18)23-13)10-11-7-14(21-2)15(22-3)8-16(11)24-4/h7-8,12-13H,5-6,9-10,18H2,1-4H3/t12-,13+/m1/s1. The molecule has 6 nitrogen and oxygen atoms in total. The summed E-state index contributed by atoms with van der Waals surface area (Å²) >= 11 is 1.61. The average Bonchev–Trinajstić information content (AvgIpc) is 3.09. The Balaban J connectivity index is 2.13. The third kappa shape index (κ3) is 4.15. The average molecular weight is 354 g/mol. The quantitative estimate of drug-likeness (QED) is 0.754. The van der Waals surface area contributed by atoms with Crippen LogP contribution in [0.3, 0.4) is 0 Å². The molecule has 1 amide bonds. The maximum absolute atomic E-state index is 12.6. The van der Waals surface area contributed by atoms with Crippen molar-refractivity contribution in [3.05, 3.63) is 17.7 Å². The molecule has 1 fully saturated rings. The maximum atomic E-state index is 12.6.